The van der Waals surface area contributed by atoms with Crippen LogP contribution in [-0.4, -0.2) is 39.1 Å². The molecule has 4 N–H and O–H groups in total. The van der Waals surface area contributed by atoms with Crippen LogP contribution in [0.2, 0.25) is 0 Å². The van der Waals surface area contributed by atoms with Crippen molar-refractivity contribution in [2.75, 3.05) is 17.7 Å². The van der Waals surface area contributed by atoms with E-state index in [2.05, 4.69) is 30.9 Å². The van der Waals surface area contributed by atoms with E-state index in [1.54, 1.807) is 19.2 Å². The fourth-order valence-corrected chi connectivity index (χ4v) is 3.33. The third-order valence-corrected chi connectivity index (χ3v) is 4.85. The number of aromatic hydroxyl groups is 1. The van der Waals surface area contributed by atoms with Crippen LogP contribution in [0.15, 0.2) is 24.3 Å². The molecule has 1 aromatic carbocycles. The molecule has 27 heavy (non-hydrogen) atoms. The molecule has 1 fully saturated rings. The fourth-order valence-electron chi connectivity index (χ4n) is 3.33. The number of nitrogens with zero attached hydrogens (tertiary/aromatic N) is 3. The lowest BCUT2D eigenvalue weighted by Gasteiger charge is -2.28. The first-order valence-electron chi connectivity index (χ1n) is 9.26. The minimum atomic E-state index is 0.00173. The summed E-state index contributed by atoms with van der Waals surface area (Å²) >= 11 is 0. The number of carbonyl (C=O) groups excluding carboxylic acids is 1. The van der Waals surface area contributed by atoms with E-state index in [4.69, 9.17) is 0 Å². The van der Waals surface area contributed by atoms with Gasteiger partial charge in [0.25, 0.3) is 0 Å². The molecule has 3 rings (SSSR count). The van der Waals surface area contributed by atoms with Gasteiger partial charge in [0.2, 0.25) is 17.8 Å². The maximum Gasteiger partial charge on any atom is 0.227 e. The predicted octanol–water partition coefficient (Wildman–Crippen LogP) is 2.21. The summed E-state index contributed by atoms with van der Waals surface area (Å²) in [5.41, 5.74) is 0.728. The van der Waals surface area contributed by atoms with Crippen LogP contribution in [-0.2, 0) is 11.3 Å². The SMILES string of the molecule is CNc1nc(C)nc(N[C@H]2CC[C@@H](C(=O)NCc3ccccc3O)CC2)n1. The van der Waals surface area contributed by atoms with Gasteiger partial charge in [-0.2, -0.15) is 15.0 Å². The fraction of sp³-hybridized carbons (Fsp3) is 0.474. The Bertz CT molecular complexity index is 790. The average molecular weight is 370 g/mol. The van der Waals surface area contributed by atoms with E-state index >= 15 is 0 Å². The van der Waals surface area contributed by atoms with E-state index < -0.39 is 0 Å². The van der Waals surface area contributed by atoms with Crippen molar-refractivity contribution in [2.45, 2.75) is 45.2 Å². The lowest BCUT2D eigenvalue weighted by molar-refractivity contribution is -0.126. The van der Waals surface area contributed by atoms with Crippen LogP contribution in [0.5, 0.6) is 5.75 Å². The maximum atomic E-state index is 12.4. The van der Waals surface area contributed by atoms with Crippen molar-refractivity contribution in [3.63, 3.8) is 0 Å². The van der Waals surface area contributed by atoms with Crippen molar-refractivity contribution >= 4 is 17.8 Å². The number of rotatable bonds is 6. The first-order valence-corrected chi connectivity index (χ1v) is 9.26. The van der Waals surface area contributed by atoms with Gasteiger partial charge in [0.15, 0.2) is 0 Å². The van der Waals surface area contributed by atoms with Crippen LogP contribution in [0.25, 0.3) is 0 Å². The molecule has 1 amide bonds. The monoisotopic (exact) mass is 370 g/mol. The number of benzene rings is 1. The Kier molecular flexibility index (Phi) is 6.05. The summed E-state index contributed by atoms with van der Waals surface area (Å²) in [6.07, 6.45) is 3.39. The molecule has 8 nitrogen and oxygen atoms in total. The third kappa shape index (κ3) is 5.06. The number of carbonyl (C=O) groups is 1. The molecule has 0 bridgehead atoms. The number of nitrogens with one attached hydrogen (secondary N) is 3. The summed E-state index contributed by atoms with van der Waals surface area (Å²) in [5, 5.41) is 19.0. The zero-order chi connectivity index (χ0) is 19.2. The first-order chi connectivity index (χ1) is 13.0. The van der Waals surface area contributed by atoms with Crippen LogP contribution in [0.4, 0.5) is 11.9 Å². The van der Waals surface area contributed by atoms with Gasteiger partial charge in [-0.25, -0.2) is 0 Å². The maximum absolute atomic E-state index is 12.4. The van der Waals surface area contributed by atoms with Gasteiger partial charge in [0.05, 0.1) is 0 Å². The quantitative estimate of drug-likeness (QED) is 0.617. The summed E-state index contributed by atoms with van der Waals surface area (Å²) in [6.45, 7) is 2.18. The smallest absolute Gasteiger partial charge is 0.227 e. The highest BCUT2D eigenvalue weighted by molar-refractivity contribution is 5.78. The van der Waals surface area contributed by atoms with Crippen molar-refractivity contribution in [3.05, 3.63) is 35.7 Å². The standard InChI is InChI=1S/C19H26N6O2/c1-12-22-18(20-2)25-19(23-12)24-15-9-7-13(8-10-15)17(27)21-11-14-5-3-4-6-16(14)26/h3-6,13,15,26H,7-11H2,1-2H3,(H,21,27)(H2,20,22,23,24,25)/t13-,15+. The molecule has 1 heterocycles. The number of phenols is 1. The first kappa shape index (κ1) is 18.9. The summed E-state index contributed by atoms with van der Waals surface area (Å²) in [7, 11) is 1.78. The molecule has 1 saturated carbocycles. The van der Waals surface area contributed by atoms with Gasteiger partial charge in [-0.15, -0.1) is 0 Å². The number of hydrogen-bond donors (Lipinski definition) is 4. The normalized spacial score (nSPS) is 19.3. The molecule has 144 valence electrons. The molecule has 1 aliphatic carbocycles. The molecule has 1 aliphatic rings. The number of amides is 1. The number of anilines is 2. The van der Waals surface area contributed by atoms with Crippen molar-refractivity contribution in [3.8, 4) is 5.75 Å². The minimum Gasteiger partial charge on any atom is -0.508 e. The molecule has 0 radical (unpaired) electrons. The van der Waals surface area contributed by atoms with Crippen LogP contribution >= 0.6 is 0 Å². The Morgan fingerprint density at radius 1 is 1.11 bits per heavy atom. The van der Waals surface area contributed by atoms with E-state index in [1.807, 2.05) is 19.1 Å². The Labute approximate surface area is 158 Å². The van der Waals surface area contributed by atoms with E-state index in [9.17, 15) is 9.90 Å². The van der Waals surface area contributed by atoms with Crippen LogP contribution in [0.3, 0.4) is 0 Å². The number of para-hydroxylation sites is 1. The number of aryl methyl sites for hydroxylation is 1. The molecule has 8 heteroatoms. The number of hydrogen-bond acceptors (Lipinski definition) is 7. The summed E-state index contributed by atoms with van der Waals surface area (Å²) in [4.78, 5) is 25.3. The average Bonchev–Trinajstić information content (AvgIpc) is 2.67. The van der Waals surface area contributed by atoms with E-state index in [0.717, 1.165) is 31.2 Å². The number of phenolic OH excluding ortho intramolecular Hbond substituents is 1. The zero-order valence-corrected chi connectivity index (χ0v) is 15.7. The van der Waals surface area contributed by atoms with E-state index in [1.165, 1.54) is 0 Å². The molecular formula is C19H26N6O2. The Morgan fingerprint density at radius 3 is 2.52 bits per heavy atom. The number of aromatic nitrogens is 3. The highest BCUT2D eigenvalue weighted by atomic mass is 16.3. The van der Waals surface area contributed by atoms with Crippen molar-refractivity contribution in [2.24, 2.45) is 5.92 Å². The Hall–Kier alpha value is -2.90. The van der Waals surface area contributed by atoms with Crippen molar-refractivity contribution in [1.82, 2.24) is 20.3 Å². The molecule has 2 aromatic rings. The molecule has 0 aliphatic heterocycles. The Balaban J connectivity index is 1.48. The van der Waals surface area contributed by atoms with E-state index in [0.29, 0.717) is 24.3 Å². The highest BCUT2D eigenvalue weighted by Crippen LogP contribution is 2.26. The minimum absolute atomic E-state index is 0.00173. The van der Waals surface area contributed by atoms with E-state index in [-0.39, 0.29) is 23.6 Å². The van der Waals surface area contributed by atoms with Gasteiger partial charge in [0.1, 0.15) is 11.6 Å². The second-order valence-electron chi connectivity index (χ2n) is 6.82. The second-order valence-corrected chi connectivity index (χ2v) is 6.82. The topological polar surface area (TPSA) is 112 Å². The van der Waals surface area contributed by atoms with Crippen molar-refractivity contribution in [1.29, 1.82) is 0 Å². The largest absolute Gasteiger partial charge is 0.508 e. The predicted molar refractivity (Wildman–Crippen MR) is 103 cm³/mol. The molecule has 0 spiro atoms. The van der Waals surface area contributed by atoms with Gasteiger partial charge in [-0.05, 0) is 38.7 Å². The molecule has 0 unspecified atom stereocenters. The van der Waals surface area contributed by atoms with Gasteiger partial charge in [0, 0.05) is 31.1 Å². The van der Waals surface area contributed by atoms with Gasteiger partial charge in [-0.1, -0.05) is 18.2 Å². The lowest BCUT2D eigenvalue weighted by Crippen LogP contribution is -2.36. The Morgan fingerprint density at radius 2 is 1.81 bits per heavy atom. The van der Waals surface area contributed by atoms with Gasteiger partial charge < -0.3 is 21.1 Å². The van der Waals surface area contributed by atoms with Gasteiger partial charge in [-0.3, -0.25) is 4.79 Å². The molecule has 0 atom stereocenters. The molecular weight excluding hydrogens is 344 g/mol. The highest BCUT2D eigenvalue weighted by Gasteiger charge is 2.26. The molecule has 1 aromatic heterocycles. The van der Waals surface area contributed by atoms with Crippen LogP contribution in [0.1, 0.15) is 37.1 Å². The van der Waals surface area contributed by atoms with Crippen LogP contribution in [0, 0.1) is 12.8 Å². The summed E-state index contributed by atoms with van der Waals surface area (Å²) in [6, 6.07) is 7.30. The third-order valence-electron chi connectivity index (χ3n) is 4.85. The van der Waals surface area contributed by atoms with Crippen LogP contribution < -0.4 is 16.0 Å². The zero-order valence-electron chi connectivity index (χ0n) is 15.7. The summed E-state index contributed by atoms with van der Waals surface area (Å²) in [5.74, 6) is 2.03. The second kappa shape index (κ2) is 8.66. The molecule has 0 saturated heterocycles. The van der Waals surface area contributed by atoms with Crippen molar-refractivity contribution < 1.29 is 9.90 Å². The lowest BCUT2D eigenvalue weighted by atomic mass is 9.85. The van der Waals surface area contributed by atoms with Gasteiger partial charge >= 0.3 is 0 Å². The summed E-state index contributed by atoms with van der Waals surface area (Å²) < 4.78 is 0.